The summed E-state index contributed by atoms with van der Waals surface area (Å²) in [6.07, 6.45) is 2.26. The van der Waals surface area contributed by atoms with Gasteiger partial charge in [0, 0.05) is 44.9 Å². The molecule has 0 saturated carbocycles. The number of nitrogens with one attached hydrogen (secondary N) is 2. The van der Waals surface area contributed by atoms with Gasteiger partial charge in [0.25, 0.3) is 0 Å². The SMILES string of the molecule is CCCCOCCOCCNC(=NC)NCC(c1ccc(Cl)cc1)N1CCOCC1.I. The van der Waals surface area contributed by atoms with Gasteiger partial charge in [0.2, 0.25) is 0 Å². The molecule has 2 N–H and O–H groups in total. The van der Waals surface area contributed by atoms with E-state index in [-0.39, 0.29) is 30.0 Å². The van der Waals surface area contributed by atoms with Crippen molar-refractivity contribution >= 4 is 41.5 Å². The molecule has 9 heteroatoms. The molecule has 1 unspecified atom stereocenters. The van der Waals surface area contributed by atoms with Gasteiger partial charge in [0.15, 0.2) is 5.96 Å². The van der Waals surface area contributed by atoms with Crippen molar-refractivity contribution in [1.29, 1.82) is 0 Å². The number of ether oxygens (including phenoxy) is 3. The normalized spacial score (nSPS) is 15.9. The third kappa shape index (κ3) is 11.7. The Morgan fingerprint density at radius 3 is 2.42 bits per heavy atom. The zero-order chi connectivity index (χ0) is 21.4. The predicted octanol–water partition coefficient (Wildman–Crippen LogP) is 3.33. The van der Waals surface area contributed by atoms with Crippen LogP contribution in [0.2, 0.25) is 5.02 Å². The molecule has 1 aliphatic heterocycles. The van der Waals surface area contributed by atoms with Gasteiger partial charge in [-0.15, -0.1) is 24.0 Å². The summed E-state index contributed by atoms with van der Waals surface area (Å²) in [6, 6.07) is 8.30. The first-order chi connectivity index (χ1) is 14.7. The first-order valence-corrected chi connectivity index (χ1v) is 11.3. The molecule has 31 heavy (non-hydrogen) atoms. The van der Waals surface area contributed by atoms with E-state index in [1.165, 1.54) is 5.56 Å². The van der Waals surface area contributed by atoms with E-state index in [9.17, 15) is 0 Å². The van der Waals surface area contributed by atoms with Gasteiger partial charge in [-0.1, -0.05) is 37.1 Å². The summed E-state index contributed by atoms with van der Waals surface area (Å²) in [6.45, 7) is 9.63. The van der Waals surface area contributed by atoms with Crippen LogP contribution < -0.4 is 10.6 Å². The lowest BCUT2D eigenvalue weighted by molar-refractivity contribution is 0.0170. The van der Waals surface area contributed by atoms with Gasteiger partial charge in [-0.2, -0.15) is 0 Å². The van der Waals surface area contributed by atoms with Crippen LogP contribution in [0.5, 0.6) is 0 Å². The fraction of sp³-hybridized carbons (Fsp3) is 0.682. The number of morpholine rings is 1. The molecule has 1 aliphatic rings. The van der Waals surface area contributed by atoms with Gasteiger partial charge in [0.1, 0.15) is 0 Å². The van der Waals surface area contributed by atoms with E-state index in [2.05, 4.69) is 39.6 Å². The average molecular weight is 569 g/mol. The first-order valence-electron chi connectivity index (χ1n) is 10.9. The first kappa shape index (κ1) is 28.4. The predicted molar refractivity (Wildman–Crippen MR) is 138 cm³/mol. The van der Waals surface area contributed by atoms with Gasteiger partial charge in [-0.25, -0.2) is 0 Å². The number of hydrogen-bond donors (Lipinski definition) is 2. The fourth-order valence-electron chi connectivity index (χ4n) is 3.26. The van der Waals surface area contributed by atoms with Gasteiger partial charge >= 0.3 is 0 Å². The highest BCUT2D eigenvalue weighted by Gasteiger charge is 2.22. The number of benzene rings is 1. The molecule has 7 nitrogen and oxygen atoms in total. The lowest BCUT2D eigenvalue weighted by Gasteiger charge is -2.35. The van der Waals surface area contributed by atoms with Crippen LogP contribution >= 0.6 is 35.6 Å². The van der Waals surface area contributed by atoms with Crippen LogP contribution in [0.15, 0.2) is 29.3 Å². The molecule has 0 bridgehead atoms. The summed E-state index contributed by atoms with van der Waals surface area (Å²) in [5.41, 5.74) is 1.23. The molecule has 0 aromatic heterocycles. The summed E-state index contributed by atoms with van der Waals surface area (Å²) >= 11 is 6.08. The largest absolute Gasteiger partial charge is 0.379 e. The van der Waals surface area contributed by atoms with Crippen LogP contribution in [0, 0.1) is 0 Å². The van der Waals surface area contributed by atoms with E-state index >= 15 is 0 Å². The Labute approximate surface area is 209 Å². The second-order valence-corrected chi connectivity index (χ2v) is 7.61. The van der Waals surface area contributed by atoms with Crippen molar-refractivity contribution in [3.63, 3.8) is 0 Å². The number of rotatable bonds is 13. The summed E-state index contributed by atoms with van der Waals surface area (Å²) in [7, 11) is 1.78. The third-order valence-corrected chi connectivity index (χ3v) is 5.23. The van der Waals surface area contributed by atoms with Crippen LogP contribution in [0.1, 0.15) is 31.4 Å². The Morgan fingerprint density at radius 2 is 1.77 bits per heavy atom. The van der Waals surface area contributed by atoms with Crippen LogP contribution in [0.3, 0.4) is 0 Å². The zero-order valence-corrected chi connectivity index (χ0v) is 21.9. The Balaban J connectivity index is 0.00000480. The lowest BCUT2D eigenvalue weighted by Crippen LogP contribution is -2.46. The minimum atomic E-state index is 0. The van der Waals surface area contributed by atoms with E-state index in [4.69, 9.17) is 25.8 Å². The second-order valence-electron chi connectivity index (χ2n) is 7.17. The van der Waals surface area contributed by atoms with E-state index in [1.54, 1.807) is 7.05 Å². The lowest BCUT2D eigenvalue weighted by atomic mass is 10.0. The zero-order valence-electron chi connectivity index (χ0n) is 18.8. The van der Waals surface area contributed by atoms with Gasteiger partial charge in [-0.05, 0) is 24.1 Å². The molecule has 1 heterocycles. The standard InChI is InChI=1S/C22H37ClN4O3.HI/c1-3-4-12-28-16-17-29-13-9-25-22(24-2)26-18-21(27-10-14-30-15-11-27)19-5-7-20(23)8-6-19;/h5-8,21H,3-4,9-18H2,1-2H3,(H2,24,25,26);1H. The summed E-state index contributed by atoms with van der Waals surface area (Å²) in [5.74, 6) is 0.769. The Bertz CT molecular complexity index is 601. The number of guanidine groups is 1. The molecule has 2 rings (SSSR count). The minimum Gasteiger partial charge on any atom is -0.379 e. The van der Waals surface area contributed by atoms with Crippen LogP contribution in [-0.2, 0) is 14.2 Å². The highest BCUT2D eigenvalue weighted by Crippen LogP contribution is 2.23. The third-order valence-electron chi connectivity index (χ3n) is 4.98. The summed E-state index contributed by atoms with van der Waals surface area (Å²) in [5, 5.41) is 7.51. The maximum atomic E-state index is 6.08. The van der Waals surface area contributed by atoms with E-state index in [0.29, 0.717) is 26.4 Å². The number of unbranched alkanes of at least 4 members (excludes halogenated alkanes) is 1. The molecule has 0 radical (unpaired) electrons. The Kier molecular flexibility index (Phi) is 16.3. The van der Waals surface area contributed by atoms with Crippen molar-refractivity contribution in [3.8, 4) is 0 Å². The quantitative estimate of drug-likeness (QED) is 0.165. The molecule has 0 aliphatic carbocycles. The van der Waals surface area contributed by atoms with E-state index in [1.807, 2.05) is 12.1 Å². The number of aliphatic imine (C=N–C) groups is 1. The average Bonchev–Trinajstić information content (AvgIpc) is 2.78. The summed E-state index contributed by atoms with van der Waals surface area (Å²) < 4.78 is 16.6. The van der Waals surface area contributed by atoms with Crippen molar-refractivity contribution in [1.82, 2.24) is 15.5 Å². The van der Waals surface area contributed by atoms with Crippen molar-refractivity contribution in [3.05, 3.63) is 34.9 Å². The van der Waals surface area contributed by atoms with Crippen molar-refractivity contribution < 1.29 is 14.2 Å². The molecular weight excluding hydrogens is 531 g/mol. The van der Waals surface area contributed by atoms with Crippen molar-refractivity contribution in [2.45, 2.75) is 25.8 Å². The second kappa shape index (κ2) is 17.9. The molecular formula is C22H38ClIN4O3. The van der Waals surface area contributed by atoms with Crippen molar-refractivity contribution in [2.75, 3.05) is 72.9 Å². The van der Waals surface area contributed by atoms with Gasteiger partial charge in [0.05, 0.1) is 39.1 Å². The molecule has 1 atom stereocenters. The molecule has 0 amide bonds. The Morgan fingerprint density at radius 1 is 1.10 bits per heavy atom. The smallest absolute Gasteiger partial charge is 0.191 e. The molecule has 1 aromatic rings. The maximum Gasteiger partial charge on any atom is 0.191 e. The van der Waals surface area contributed by atoms with Gasteiger partial charge < -0.3 is 24.8 Å². The monoisotopic (exact) mass is 568 g/mol. The fourth-order valence-corrected chi connectivity index (χ4v) is 3.38. The maximum absolute atomic E-state index is 6.08. The molecule has 1 aromatic carbocycles. The minimum absolute atomic E-state index is 0. The molecule has 1 fully saturated rings. The van der Waals surface area contributed by atoms with Crippen molar-refractivity contribution in [2.24, 2.45) is 4.99 Å². The Hall–Kier alpha value is -0.650. The molecule has 0 spiro atoms. The summed E-state index contributed by atoms with van der Waals surface area (Å²) in [4.78, 5) is 6.77. The van der Waals surface area contributed by atoms with Crippen LogP contribution in [-0.4, -0.2) is 83.7 Å². The topological polar surface area (TPSA) is 67.4 Å². The molecule has 1 saturated heterocycles. The van der Waals surface area contributed by atoms with Crippen LogP contribution in [0.4, 0.5) is 0 Å². The van der Waals surface area contributed by atoms with Crippen LogP contribution in [0.25, 0.3) is 0 Å². The van der Waals surface area contributed by atoms with E-state index in [0.717, 1.165) is 63.3 Å². The van der Waals surface area contributed by atoms with E-state index < -0.39 is 0 Å². The highest BCUT2D eigenvalue weighted by atomic mass is 127. The highest BCUT2D eigenvalue weighted by molar-refractivity contribution is 14.0. The molecule has 178 valence electrons. The number of nitrogens with zero attached hydrogens (tertiary/aromatic N) is 2. The number of halogens is 2. The van der Waals surface area contributed by atoms with Gasteiger partial charge in [-0.3, -0.25) is 9.89 Å². The number of hydrogen-bond acceptors (Lipinski definition) is 5.